The molecule has 0 bridgehead atoms. The van der Waals surface area contributed by atoms with Gasteiger partial charge >= 0.3 is 0 Å². The van der Waals surface area contributed by atoms with Crippen molar-refractivity contribution >= 4 is 22.6 Å². The highest BCUT2D eigenvalue weighted by Crippen LogP contribution is 2.30. The molecule has 0 radical (unpaired) electrons. The molecule has 0 saturated heterocycles. The van der Waals surface area contributed by atoms with Crippen LogP contribution in [0.5, 0.6) is 5.75 Å². The average molecular weight is 292 g/mol. The molecule has 1 atom stereocenters. The molecule has 104 valence electrons. The Morgan fingerprint density at radius 2 is 2.25 bits per heavy atom. The number of imidazole rings is 1. The molecule has 0 fully saturated rings. The summed E-state index contributed by atoms with van der Waals surface area (Å²) in [5.74, 6) is 2.27. The normalized spacial score (nSPS) is 12.8. The first-order valence-electron chi connectivity index (χ1n) is 6.27. The van der Waals surface area contributed by atoms with Gasteiger partial charge in [0.25, 0.3) is 0 Å². The highest BCUT2D eigenvalue weighted by molar-refractivity contribution is 6.20. The molecular weight excluding hydrogens is 278 g/mol. The number of halogens is 1. The van der Waals surface area contributed by atoms with Crippen molar-refractivity contribution in [1.82, 2.24) is 14.7 Å². The third-order valence-electron chi connectivity index (χ3n) is 3.15. The molecule has 2 heterocycles. The number of ether oxygens (including phenoxy) is 1. The maximum absolute atomic E-state index is 6.25. The van der Waals surface area contributed by atoms with Crippen LogP contribution in [0.1, 0.15) is 23.9 Å². The summed E-state index contributed by atoms with van der Waals surface area (Å²) in [5, 5.41) is 3.51. The summed E-state index contributed by atoms with van der Waals surface area (Å²) in [5.41, 5.74) is 1.76. The van der Waals surface area contributed by atoms with E-state index in [4.69, 9.17) is 20.9 Å². The van der Waals surface area contributed by atoms with Gasteiger partial charge in [-0.1, -0.05) is 11.2 Å². The number of hydrogen-bond acceptors (Lipinski definition) is 4. The van der Waals surface area contributed by atoms with Crippen LogP contribution in [0.25, 0.3) is 11.0 Å². The van der Waals surface area contributed by atoms with Crippen LogP contribution in [-0.2, 0) is 6.54 Å². The Hall–Kier alpha value is -2.01. The molecule has 0 aliphatic carbocycles. The molecule has 1 aromatic carbocycles. The Balaban J connectivity index is 2.19. The molecule has 3 rings (SSSR count). The van der Waals surface area contributed by atoms with Crippen molar-refractivity contribution in [1.29, 1.82) is 0 Å². The Labute approximate surface area is 121 Å². The highest BCUT2D eigenvalue weighted by Gasteiger charge is 2.18. The van der Waals surface area contributed by atoms with Gasteiger partial charge < -0.3 is 13.8 Å². The third-order valence-corrected chi connectivity index (χ3v) is 3.35. The highest BCUT2D eigenvalue weighted by atomic mass is 35.5. The van der Waals surface area contributed by atoms with Gasteiger partial charge in [0.1, 0.15) is 17.1 Å². The van der Waals surface area contributed by atoms with E-state index in [2.05, 4.69) is 10.1 Å². The van der Waals surface area contributed by atoms with Gasteiger partial charge in [-0.2, -0.15) is 0 Å². The molecule has 0 aliphatic heterocycles. The van der Waals surface area contributed by atoms with Crippen molar-refractivity contribution in [3.8, 4) is 5.75 Å². The van der Waals surface area contributed by atoms with Crippen LogP contribution in [0.15, 0.2) is 35.0 Å². The Kier molecular flexibility index (Phi) is 3.36. The van der Waals surface area contributed by atoms with Gasteiger partial charge in [-0.25, -0.2) is 4.98 Å². The van der Waals surface area contributed by atoms with Crippen molar-refractivity contribution in [2.75, 3.05) is 7.11 Å². The van der Waals surface area contributed by atoms with E-state index in [1.54, 1.807) is 13.3 Å². The fourth-order valence-electron chi connectivity index (χ4n) is 2.25. The van der Waals surface area contributed by atoms with E-state index in [0.29, 0.717) is 6.54 Å². The summed E-state index contributed by atoms with van der Waals surface area (Å²) in [6, 6.07) is 7.64. The summed E-state index contributed by atoms with van der Waals surface area (Å²) in [6.07, 6.45) is 1.62. The number of fused-ring (bicyclic) bond motifs is 1. The van der Waals surface area contributed by atoms with E-state index in [1.807, 2.05) is 35.8 Å². The van der Waals surface area contributed by atoms with Gasteiger partial charge in [0, 0.05) is 6.07 Å². The van der Waals surface area contributed by atoms with Gasteiger partial charge in [0.15, 0.2) is 5.76 Å². The molecule has 5 nitrogen and oxygen atoms in total. The van der Waals surface area contributed by atoms with Crippen LogP contribution in [0.3, 0.4) is 0 Å². The first-order chi connectivity index (χ1) is 9.70. The van der Waals surface area contributed by atoms with Gasteiger partial charge in [0.2, 0.25) is 0 Å². The van der Waals surface area contributed by atoms with Crippen LogP contribution in [0, 0.1) is 0 Å². The molecular formula is C14H14ClN3O2. The van der Waals surface area contributed by atoms with Crippen LogP contribution in [0.2, 0.25) is 0 Å². The van der Waals surface area contributed by atoms with E-state index in [9.17, 15) is 0 Å². The molecule has 1 unspecified atom stereocenters. The van der Waals surface area contributed by atoms with E-state index in [0.717, 1.165) is 28.4 Å². The van der Waals surface area contributed by atoms with E-state index in [-0.39, 0.29) is 5.38 Å². The summed E-state index contributed by atoms with van der Waals surface area (Å²) in [7, 11) is 1.63. The summed E-state index contributed by atoms with van der Waals surface area (Å²) >= 11 is 6.25. The Bertz CT molecular complexity index is 719. The molecule has 0 saturated carbocycles. The maximum atomic E-state index is 6.25. The van der Waals surface area contributed by atoms with Gasteiger partial charge in [-0.15, -0.1) is 11.6 Å². The Morgan fingerprint density at radius 1 is 1.40 bits per heavy atom. The van der Waals surface area contributed by atoms with E-state index in [1.165, 1.54) is 0 Å². The zero-order valence-electron chi connectivity index (χ0n) is 11.2. The largest absolute Gasteiger partial charge is 0.494 e. The minimum Gasteiger partial charge on any atom is -0.494 e. The summed E-state index contributed by atoms with van der Waals surface area (Å²) in [4.78, 5) is 4.61. The van der Waals surface area contributed by atoms with Crippen molar-refractivity contribution < 1.29 is 9.26 Å². The van der Waals surface area contributed by atoms with Crippen molar-refractivity contribution in [2.45, 2.75) is 18.8 Å². The zero-order chi connectivity index (χ0) is 14.1. The molecule has 0 N–H and O–H groups in total. The number of alkyl halides is 1. The summed E-state index contributed by atoms with van der Waals surface area (Å²) in [6.45, 7) is 2.43. The number of rotatable bonds is 4. The molecule has 20 heavy (non-hydrogen) atoms. The first kappa shape index (κ1) is 13.0. The first-order valence-corrected chi connectivity index (χ1v) is 6.71. The third kappa shape index (κ3) is 2.14. The molecule has 6 heteroatoms. The van der Waals surface area contributed by atoms with Gasteiger partial charge in [-0.3, -0.25) is 0 Å². The number of hydrogen-bond donors (Lipinski definition) is 0. The maximum Gasteiger partial charge on any atom is 0.156 e. The SMILES string of the molecule is COc1cccc2c1nc(C(C)Cl)n2Cc1ccno1. The Morgan fingerprint density at radius 3 is 2.90 bits per heavy atom. The predicted molar refractivity (Wildman–Crippen MR) is 76.2 cm³/mol. The van der Waals surface area contributed by atoms with Crippen molar-refractivity contribution in [3.05, 3.63) is 42.0 Å². The second-order valence-electron chi connectivity index (χ2n) is 4.48. The number of methoxy groups -OCH3 is 1. The lowest BCUT2D eigenvalue weighted by molar-refractivity contribution is 0.376. The number of para-hydroxylation sites is 1. The van der Waals surface area contributed by atoms with Crippen molar-refractivity contribution in [2.24, 2.45) is 0 Å². The van der Waals surface area contributed by atoms with E-state index >= 15 is 0 Å². The second kappa shape index (κ2) is 5.17. The second-order valence-corrected chi connectivity index (χ2v) is 5.13. The van der Waals surface area contributed by atoms with Crippen LogP contribution in [0.4, 0.5) is 0 Å². The molecule has 3 aromatic rings. The number of nitrogens with zero attached hydrogens (tertiary/aromatic N) is 3. The molecule has 0 spiro atoms. The standard InChI is InChI=1S/C14H14ClN3O2/c1-9(15)14-17-13-11(4-3-5-12(13)19-2)18(14)8-10-6-7-16-20-10/h3-7,9H,8H2,1-2H3. The van der Waals surface area contributed by atoms with Crippen molar-refractivity contribution in [3.63, 3.8) is 0 Å². The smallest absolute Gasteiger partial charge is 0.156 e. The minimum absolute atomic E-state index is 0.213. The van der Waals surface area contributed by atoms with Crippen LogP contribution < -0.4 is 4.74 Å². The lowest BCUT2D eigenvalue weighted by atomic mass is 10.3. The fourth-order valence-corrected chi connectivity index (χ4v) is 2.42. The van der Waals surface area contributed by atoms with Crippen LogP contribution >= 0.6 is 11.6 Å². The number of aromatic nitrogens is 3. The minimum atomic E-state index is -0.213. The predicted octanol–water partition coefficient (Wildman–Crippen LogP) is 3.38. The zero-order valence-corrected chi connectivity index (χ0v) is 12.0. The summed E-state index contributed by atoms with van der Waals surface area (Å²) < 4.78 is 12.6. The van der Waals surface area contributed by atoms with Crippen LogP contribution in [-0.4, -0.2) is 21.8 Å². The fraction of sp³-hybridized carbons (Fsp3) is 0.286. The average Bonchev–Trinajstić information content (AvgIpc) is 3.07. The lowest BCUT2D eigenvalue weighted by Gasteiger charge is -2.08. The van der Waals surface area contributed by atoms with Gasteiger partial charge in [-0.05, 0) is 19.1 Å². The monoisotopic (exact) mass is 291 g/mol. The van der Waals surface area contributed by atoms with Gasteiger partial charge in [0.05, 0.1) is 30.7 Å². The number of benzene rings is 1. The quantitative estimate of drug-likeness (QED) is 0.692. The van der Waals surface area contributed by atoms with E-state index < -0.39 is 0 Å². The molecule has 2 aromatic heterocycles. The molecule has 0 aliphatic rings. The lowest BCUT2D eigenvalue weighted by Crippen LogP contribution is -2.05. The molecule has 0 amide bonds. The topological polar surface area (TPSA) is 53.1 Å².